The molecule has 19 heavy (non-hydrogen) atoms. The molecule has 0 aliphatic carbocycles. The maximum absolute atomic E-state index is 11.8. The Kier molecular flexibility index (Phi) is 7.23. The van der Waals surface area contributed by atoms with Crippen molar-refractivity contribution in [3.63, 3.8) is 0 Å². The molecule has 1 amide bonds. The lowest BCUT2D eigenvalue weighted by Gasteiger charge is -2.23. The van der Waals surface area contributed by atoms with E-state index in [4.69, 9.17) is 9.84 Å². The van der Waals surface area contributed by atoms with Gasteiger partial charge in [0.05, 0.1) is 17.8 Å². The van der Waals surface area contributed by atoms with E-state index >= 15 is 0 Å². The number of thioether (sulfide) groups is 1. The smallest absolute Gasteiger partial charge is 0.308 e. The van der Waals surface area contributed by atoms with E-state index in [0.29, 0.717) is 5.75 Å². The second kappa shape index (κ2) is 8.43. The first kappa shape index (κ1) is 16.3. The van der Waals surface area contributed by atoms with Crippen molar-refractivity contribution in [1.29, 1.82) is 0 Å². The van der Waals surface area contributed by atoms with Gasteiger partial charge in [-0.05, 0) is 19.3 Å². The third-order valence-electron chi connectivity index (χ3n) is 3.20. The van der Waals surface area contributed by atoms with Crippen molar-refractivity contribution in [2.45, 2.75) is 32.3 Å². The molecule has 2 atom stereocenters. The predicted octanol–water partition coefficient (Wildman–Crippen LogP) is 1.47. The molecule has 1 aliphatic rings. The highest BCUT2D eigenvalue weighted by Gasteiger charge is 2.18. The summed E-state index contributed by atoms with van der Waals surface area (Å²) in [6, 6.07) is 0. The summed E-state index contributed by atoms with van der Waals surface area (Å²) in [4.78, 5) is 24.0. The van der Waals surface area contributed by atoms with Crippen molar-refractivity contribution in [3.05, 3.63) is 0 Å². The number of ether oxygens (including phenoxy) is 1. The quantitative estimate of drug-likeness (QED) is 0.768. The molecule has 0 bridgehead atoms. The Hall–Kier alpha value is -0.750. The van der Waals surface area contributed by atoms with Gasteiger partial charge in [0, 0.05) is 26.0 Å². The van der Waals surface area contributed by atoms with Gasteiger partial charge in [0.15, 0.2) is 0 Å². The number of carboxylic acids is 1. The van der Waals surface area contributed by atoms with Crippen LogP contribution in [-0.4, -0.2) is 59.7 Å². The summed E-state index contributed by atoms with van der Waals surface area (Å²) in [6.45, 7) is 2.69. The maximum Gasteiger partial charge on any atom is 0.308 e. The molecular formula is C13H23NO4S. The Balaban J connectivity index is 2.17. The van der Waals surface area contributed by atoms with Crippen LogP contribution in [0.25, 0.3) is 0 Å². The summed E-state index contributed by atoms with van der Waals surface area (Å²) >= 11 is 1.57. The van der Waals surface area contributed by atoms with Gasteiger partial charge in [-0.2, -0.15) is 0 Å². The summed E-state index contributed by atoms with van der Waals surface area (Å²) in [5.74, 6) is -0.186. The minimum absolute atomic E-state index is 0.0195. The van der Waals surface area contributed by atoms with E-state index in [1.54, 1.807) is 25.7 Å². The van der Waals surface area contributed by atoms with E-state index in [1.807, 2.05) is 0 Å². The number of hydrogen-bond acceptors (Lipinski definition) is 4. The lowest BCUT2D eigenvalue weighted by molar-refractivity contribution is -0.142. The number of hydrogen-bond donors (Lipinski definition) is 1. The van der Waals surface area contributed by atoms with Crippen LogP contribution in [0.1, 0.15) is 26.2 Å². The van der Waals surface area contributed by atoms with Crippen molar-refractivity contribution >= 4 is 23.6 Å². The fraction of sp³-hybridized carbons (Fsp3) is 0.846. The van der Waals surface area contributed by atoms with Crippen molar-refractivity contribution in [2.75, 3.05) is 31.7 Å². The van der Waals surface area contributed by atoms with Gasteiger partial charge >= 0.3 is 5.97 Å². The predicted molar refractivity (Wildman–Crippen MR) is 75.4 cm³/mol. The summed E-state index contributed by atoms with van der Waals surface area (Å²) in [7, 11) is 1.65. The zero-order valence-corrected chi connectivity index (χ0v) is 12.4. The number of amides is 1. The fourth-order valence-corrected chi connectivity index (χ4v) is 2.96. The number of carboxylic acid groups (broad SMARTS) is 1. The molecule has 1 aliphatic heterocycles. The first-order valence-corrected chi connectivity index (χ1v) is 7.82. The van der Waals surface area contributed by atoms with Gasteiger partial charge in [-0.15, -0.1) is 11.8 Å². The molecule has 6 heteroatoms. The molecule has 110 valence electrons. The molecule has 0 spiro atoms. The van der Waals surface area contributed by atoms with Crippen LogP contribution in [0.5, 0.6) is 0 Å². The van der Waals surface area contributed by atoms with Crippen LogP contribution in [0.2, 0.25) is 0 Å². The molecule has 0 aromatic rings. The Morgan fingerprint density at radius 1 is 1.47 bits per heavy atom. The molecule has 1 fully saturated rings. The van der Waals surface area contributed by atoms with Crippen molar-refractivity contribution in [1.82, 2.24) is 4.90 Å². The Bertz CT molecular complexity index is 305. The van der Waals surface area contributed by atoms with E-state index < -0.39 is 11.9 Å². The van der Waals surface area contributed by atoms with E-state index in [0.717, 1.165) is 25.2 Å². The number of rotatable bonds is 7. The number of aliphatic carboxylic acids is 1. The van der Waals surface area contributed by atoms with Gasteiger partial charge in [-0.1, -0.05) is 6.92 Å². The fourth-order valence-electron chi connectivity index (χ4n) is 1.92. The topological polar surface area (TPSA) is 66.8 Å². The van der Waals surface area contributed by atoms with Crippen LogP contribution in [0.15, 0.2) is 0 Å². The minimum Gasteiger partial charge on any atom is -0.481 e. The third-order valence-corrected chi connectivity index (χ3v) is 4.26. The van der Waals surface area contributed by atoms with Gasteiger partial charge in [-0.25, -0.2) is 0 Å². The maximum atomic E-state index is 11.8. The Morgan fingerprint density at radius 2 is 2.21 bits per heavy atom. The summed E-state index contributed by atoms with van der Waals surface area (Å²) in [6.07, 6.45) is 3.69. The van der Waals surface area contributed by atoms with Gasteiger partial charge in [0.1, 0.15) is 0 Å². The van der Waals surface area contributed by atoms with Crippen molar-refractivity contribution in [2.24, 2.45) is 5.92 Å². The van der Waals surface area contributed by atoms with Crippen LogP contribution in [-0.2, 0) is 14.3 Å². The average molecular weight is 289 g/mol. The van der Waals surface area contributed by atoms with Crippen molar-refractivity contribution < 1.29 is 19.4 Å². The van der Waals surface area contributed by atoms with E-state index in [1.165, 1.54) is 11.3 Å². The van der Waals surface area contributed by atoms with Gasteiger partial charge in [0.25, 0.3) is 0 Å². The van der Waals surface area contributed by atoms with Gasteiger partial charge < -0.3 is 14.7 Å². The van der Waals surface area contributed by atoms with E-state index in [-0.39, 0.29) is 18.6 Å². The molecule has 1 saturated heterocycles. The highest BCUT2D eigenvalue weighted by atomic mass is 32.2. The summed E-state index contributed by atoms with van der Waals surface area (Å²) in [5, 5.41) is 8.80. The summed E-state index contributed by atoms with van der Waals surface area (Å²) in [5.41, 5.74) is 0. The molecule has 1 rings (SSSR count). The normalized spacial score (nSPS) is 20.8. The largest absolute Gasteiger partial charge is 0.481 e. The van der Waals surface area contributed by atoms with Crippen LogP contribution < -0.4 is 0 Å². The standard InChI is InChI=1S/C13H23NO4S/c1-10(13(16)17)7-14(2)12(15)9-19-8-11-5-3-4-6-18-11/h10-11H,3-9H2,1-2H3,(H,16,17). The van der Waals surface area contributed by atoms with Gasteiger partial charge in [0.2, 0.25) is 5.91 Å². The number of carbonyl (C=O) groups is 2. The first-order valence-electron chi connectivity index (χ1n) is 6.66. The highest BCUT2D eigenvalue weighted by molar-refractivity contribution is 7.99. The van der Waals surface area contributed by atoms with Crippen LogP contribution >= 0.6 is 11.8 Å². The molecule has 0 aromatic carbocycles. The van der Waals surface area contributed by atoms with Crippen molar-refractivity contribution in [3.8, 4) is 0 Å². The molecule has 1 heterocycles. The molecule has 0 radical (unpaired) electrons. The molecule has 1 N–H and O–H groups in total. The first-order chi connectivity index (χ1) is 9.00. The zero-order valence-electron chi connectivity index (χ0n) is 11.6. The second-order valence-corrected chi connectivity index (χ2v) is 6.05. The SMILES string of the molecule is CC(CN(C)C(=O)CSCC1CCCCO1)C(=O)O. The highest BCUT2D eigenvalue weighted by Crippen LogP contribution is 2.17. The second-order valence-electron chi connectivity index (χ2n) is 5.02. The number of nitrogens with zero attached hydrogens (tertiary/aromatic N) is 1. The molecule has 2 unspecified atom stereocenters. The lowest BCUT2D eigenvalue weighted by Crippen LogP contribution is -2.35. The molecule has 0 aromatic heterocycles. The van der Waals surface area contributed by atoms with Crippen LogP contribution in [0.3, 0.4) is 0 Å². The third kappa shape index (κ3) is 6.29. The molecule has 0 saturated carbocycles. The average Bonchev–Trinajstić information content (AvgIpc) is 2.39. The molecule has 5 nitrogen and oxygen atoms in total. The van der Waals surface area contributed by atoms with Crippen LogP contribution in [0, 0.1) is 5.92 Å². The monoisotopic (exact) mass is 289 g/mol. The summed E-state index contributed by atoms with van der Waals surface area (Å²) < 4.78 is 5.59. The molecular weight excluding hydrogens is 266 g/mol. The van der Waals surface area contributed by atoms with Crippen LogP contribution in [0.4, 0.5) is 0 Å². The van der Waals surface area contributed by atoms with E-state index in [2.05, 4.69) is 0 Å². The zero-order chi connectivity index (χ0) is 14.3. The number of carbonyl (C=O) groups excluding carboxylic acids is 1. The lowest BCUT2D eigenvalue weighted by atomic mass is 10.1. The Morgan fingerprint density at radius 3 is 2.79 bits per heavy atom. The van der Waals surface area contributed by atoms with Gasteiger partial charge in [-0.3, -0.25) is 9.59 Å². The Labute approximate surface area is 118 Å². The minimum atomic E-state index is -0.872. The van der Waals surface area contributed by atoms with E-state index in [9.17, 15) is 9.59 Å².